The van der Waals surface area contributed by atoms with Gasteiger partial charge in [-0.2, -0.15) is 0 Å². The third-order valence-corrected chi connectivity index (χ3v) is 12.9. The third-order valence-electron chi connectivity index (χ3n) is 10.1. The van der Waals surface area contributed by atoms with Gasteiger partial charge >= 0.3 is 20.9 Å². The number of hydrogen-bond donors (Lipinski definition) is 5. The van der Waals surface area contributed by atoms with Gasteiger partial charge in [-0.1, -0.05) is 55.0 Å². The molecule has 5 amide bonds. The van der Waals surface area contributed by atoms with Crippen LogP contribution in [0, 0.1) is 0 Å². The molecule has 0 bridgehead atoms. The number of benzene rings is 2. The monoisotopic (exact) mass is 899 g/mol. The summed E-state index contributed by atoms with van der Waals surface area (Å²) in [7, 11) is 1.95. The summed E-state index contributed by atoms with van der Waals surface area (Å²) in [5, 5.41) is 13.4. The van der Waals surface area contributed by atoms with Crippen LogP contribution in [-0.2, 0) is 51.5 Å². The fourth-order valence-electron chi connectivity index (χ4n) is 6.84. The van der Waals surface area contributed by atoms with Crippen LogP contribution in [-0.4, -0.2) is 121 Å². The summed E-state index contributed by atoms with van der Waals surface area (Å²) in [6.45, 7) is 12.3. The lowest BCUT2D eigenvalue weighted by molar-refractivity contribution is -0.156. The van der Waals surface area contributed by atoms with Crippen molar-refractivity contribution in [2.24, 2.45) is 0 Å². The molecule has 2 aromatic rings. The third kappa shape index (κ3) is 17.7. The quantitative estimate of drug-likeness (QED) is 0.0529. The van der Waals surface area contributed by atoms with E-state index in [4.69, 9.17) is 27.5 Å². The Balaban J connectivity index is 1.56. The molecule has 0 fully saturated rings. The highest BCUT2D eigenvalue weighted by Crippen LogP contribution is 2.44. The average Bonchev–Trinajstić information content (AvgIpc) is 3.55. The van der Waals surface area contributed by atoms with E-state index in [-0.39, 0.29) is 25.0 Å². The van der Waals surface area contributed by atoms with E-state index in [1.807, 2.05) is 48.5 Å². The highest BCUT2D eigenvalue weighted by molar-refractivity contribution is 6.60. The predicted octanol–water partition coefficient (Wildman–Crippen LogP) is 4.49. The summed E-state index contributed by atoms with van der Waals surface area (Å²) in [5.74, 6) is -3.20. The molecule has 1 aliphatic rings. The molecular formula is C45H69N5O12Si. The van der Waals surface area contributed by atoms with E-state index in [0.717, 1.165) is 22.3 Å². The molecule has 0 saturated heterocycles. The van der Waals surface area contributed by atoms with Gasteiger partial charge in [0.25, 0.3) is 0 Å². The van der Waals surface area contributed by atoms with Gasteiger partial charge in [-0.25, -0.2) is 4.79 Å². The Morgan fingerprint density at radius 1 is 0.667 bits per heavy atom. The molecular weight excluding hydrogens is 831 g/mol. The van der Waals surface area contributed by atoms with Gasteiger partial charge in [0, 0.05) is 52.8 Å². The molecule has 3 atom stereocenters. The van der Waals surface area contributed by atoms with Crippen molar-refractivity contribution in [1.82, 2.24) is 26.6 Å². The second-order valence-electron chi connectivity index (χ2n) is 17.4. The second kappa shape index (κ2) is 24.8. The van der Waals surface area contributed by atoms with Crippen LogP contribution in [0.3, 0.4) is 0 Å². The van der Waals surface area contributed by atoms with Crippen LogP contribution in [0.4, 0.5) is 4.79 Å². The van der Waals surface area contributed by atoms with Crippen molar-refractivity contribution in [2.45, 2.75) is 128 Å². The molecule has 0 saturated carbocycles. The zero-order valence-electron chi connectivity index (χ0n) is 38.6. The normalized spacial score (nSPS) is 14.0. The van der Waals surface area contributed by atoms with Crippen molar-refractivity contribution in [2.75, 3.05) is 47.6 Å². The summed E-state index contributed by atoms with van der Waals surface area (Å²) in [5.41, 5.74) is 2.55. The molecule has 2 aromatic carbocycles. The molecule has 0 aromatic heterocycles. The minimum atomic E-state index is -2.69. The maximum absolute atomic E-state index is 13.9. The van der Waals surface area contributed by atoms with Gasteiger partial charge in [0.15, 0.2) is 0 Å². The summed E-state index contributed by atoms with van der Waals surface area (Å²) in [4.78, 5) is 79.1. The molecule has 0 heterocycles. The fraction of sp³-hybridized carbons (Fsp3) is 0.600. The molecule has 18 heteroatoms. The first-order valence-corrected chi connectivity index (χ1v) is 23.4. The smallest absolute Gasteiger partial charge is 0.460 e. The largest absolute Gasteiger partial charge is 0.500 e. The van der Waals surface area contributed by atoms with E-state index < -0.39 is 74.3 Å². The molecule has 0 aliphatic heterocycles. The second-order valence-corrected chi connectivity index (χ2v) is 20.5. The topological polar surface area (TPSA) is 218 Å². The Hall–Kier alpha value is -4.88. The van der Waals surface area contributed by atoms with Crippen LogP contribution in [0.1, 0.15) is 104 Å². The zero-order valence-corrected chi connectivity index (χ0v) is 39.6. The van der Waals surface area contributed by atoms with Gasteiger partial charge in [0.1, 0.15) is 30.3 Å². The lowest BCUT2D eigenvalue weighted by Crippen LogP contribution is -2.58. The van der Waals surface area contributed by atoms with Crippen molar-refractivity contribution in [3.8, 4) is 11.1 Å². The van der Waals surface area contributed by atoms with E-state index in [2.05, 4.69) is 26.6 Å². The zero-order chi connectivity index (χ0) is 46.8. The van der Waals surface area contributed by atoms with E-state index in [1.54, 1.807) is 62.9 Å². The Bertz CT molecular complexity index is 1790. The maximum Gasteiger partial charge on any atom is 0.500 e. The molecule has 0 spiro atoms. The average molecular weight is 900 g/mol. The minimum Gasteiger partial charge on any atom is -0.460 e. The number of alkyl carbamates (subject to hydrolysis) is 1. The lowest BCUT2D eigenvalue weighted by atomic mass is 9.98. The first kappa shape index (κ1) is 52.5. The number of rotatable bonds is 25. The first-order chi connectivity index (χ1) is 29.7. The first-order valence-electron chi connectivity index (χ1n) is 21.5. The number of fused-ring (bicyclic) bond motifs is 3. The van der Waals surface area contributed by atoms with Crippen LogP contribution >= 0.6 is 0 Å². The Morgan fingerprint density at radius 2 is 1.24 bits per heavy atom. The molecule has 1 aliphatic carbocycles. The van der Waals surface area contributed by atoms with Crippen molar-refractivity contribution in [3.05, 3.63) is 59.7 Å². The highest BCUT2D eigenvalue weighted by atomic mass is 28.4. The number of amides is 5. The van der Waals surface area contributed by atoms with E-state index in [0.29, 0.717) is 51.2 Å². The SMILES string of the molecule is CO[Si](CCCNC(=O)CCCCCNC(=O)[C@@H](C)NC(=O)[C@H](CC(=O)OC(C)(C)C)NC(=O)[C@H](COC(C)(C)C)NC(=O)OCC1c2ccccc2-c2ccccc21)(OC)OC. The van der Waals surface area contributed by atoms with Crippen LogP contribution in [0.15, 0.2) is 48.5 Å². The Kier molecular flexibility index (Phi) is 20.7. The fourth-order valence-corrected chi connectivity index (χ4v) is 8.56. The molecule has 63 heavy (non-hydrogen) atoms. The Labute approximate surface area is 373 Å². The van der Waals surface area contributed by atoms with Crippen molar-refractivity contribution < 1.29 is 56.3 Å². The number of unbranched alkanes of at least 4 members (excludes halogenated alkanes) is 2. The van der Waals surface area contributed by atoms with Crippen LogP contribution in [0.5, 0.6) is 0 Å². The Morgan fingerprint density at radius 3 is 1.81 bits per heavy atom. The summed E-state index contributed by atoms with van der Waals surface area (Å²) < 4.78 is 33.2. The van der Waals surface area contributed by atoms with Gasteiger partial charge in [-0.15, -0.1) is 0 Å². The van der Waals surface area contributed by atoms with Gasteiger partial charge in [0.05, 0.1) is 18.6 Å². The van der Waals surface area contributed by atoms with Gasteiger partial charge < -0.3 is 54.1 Å². The lowest BCUT2D eigenvalue weighted by Gasteiger charge is -2.27. The molecule has 5 N–H and O–H groups in total. The van der Waals surface area contributed by atoms with Crippen LogP contribution < -0.4 is 26.6 Å². The van der Waals surface area contributed by atoms with Gasteiger partial charge in [0.2, 0.25) is 23.6 Å². The number of nitrogens with one attached hydrogen (secondary N) is 5. The number of esters is 1. The molecule has 0 radical (unpaired) electrons. The maximum atomic E-state index is 13.9. The van der Waals surface area contributed by atoms with Crippen molar-refractivity contribution in [1.29, 1.82) is 0 Å². The molecule has 350 valence electrons. The molecule has 0 unspecified atom stereocenters. The van der Waals surface area contributed by atoms with Gasteiger partial charge in [-0.05, 0) is 90.0 Å². The highest BCUT2D eigenvalue weighted by Gasteiger charge is 2.37. The van der Waals surface area contributed by atoms with E-state index in [9.17, 15) is 28.8 Å². The standard InChI is InChI=1S/C45H69N5O12Si/c1-30(40(53)47-24-17-11-12-23-38(51)46-25-18-26-63(57-8,58-9)59-10)48-41(54)36(27-39(52)62-45(5,6)7)49-42(55)37(29-61-44(2,3)4)50-43(56)60-28-35-33-21-15-13-19-31(33)32-20-14-16-22-34(32)35/h13-16,19-22,30,35-37H,11-12,17-18,23-29H2,1-10H3,(H,46,51)(H,47,53)(H,48,54)(H,49,55)(H,50,56)/t30-,36+,37+/m1/s1. The molecule has 3 rings (SSSR count). The molecule has 17 nitrogen and oxygen atoms in total. The summed E-state index contributed by atoms with van der Waals surface area (Å²) in [6, 6.07) is 12.5. The predicted molar refractivity (Wildman–Crippen MR) is 238 cm³/mol. The van der Waals surface area contributed by atoms with Crippen LogP contribution in [0.25, 0.3) is 11.1 Å². The van der Waals surface area contributed by atoms with Gasteiger partial charge in [-0.3, -0.25) is 24.0 Å². The summed E-state index contributed by atoms with van der Waals surface area (Å²) in [6.07, 6.45) is 1.42. The van der Waals surface area contributed by atoms with Crippen molar-refractivity contribution in [3.63, 3.8) is 0 Å². The van der Waals surface area contributed by atoms with Crippen molar-refractivity contribution >= 4 is 44.5 Å². The summed E-state index contributed by atoms with van der Waals surface area (Å²) >= 11 is 0. The number of hydrogen-bond acceptors (Lipinski definition) is 12. The van der Waals surface area contributed by atoms with Crippen LogP contribution in [0.2, 0.25) is 6.04 Å². The minimum absolute atomic E-state index is 0.00138. The van der Waals surface area contributed by atoms with E-state index in [1.165, 1.54) is 6.92 Å². The number of carbonyl (C=O) groups is 6. The number of ether oxygens (including phenoxy) is 3. The van der Waals surface area contributed by atoms with E-state index >= 15 is 0 Å². The number of carbonyl (C=O) groups excluding carboxylic acids is 6.